The normalized spacial score (nSPS) is 10.1. The lowest BCUT2D eigenvalue weighted by Gasteiger charge is -2.11. The summed E-state index contributed by atoms with van der Waals surface area (Å²) in [6.07, 6.45) is 0.767. The topological polar surface area (TPSA) is 33.3 Å². The van der Waals surface area contributed by atoms with Crippen LogP contribution in [0, 0.1) is 11.6 Å². The van der Waals surface area contributed by atoms with Crippen LogP contribution in [0.1, 0.15) is 5.56 Å². The van der Waals surface area contributed by atoms with Gasteiger partial charge in [0, 0.05) is 18.3 Å². The fraction of sp³-hybridized carbons (Fsp3) is 0.188. The summed E-state index contributed by atoms with van der Waals surface area (Å²) in [7, 11) is 1.62. The summed E-state index contributed by atoms with van der Waals surface area (Å²) >= 11 is 5.09. The molecule has 0 unspecified atom stereocenters. The second-order valence-corrected chi connectivity index (χ2v) is 5.05. The first-order chi connectivity index (χ1) is 10.6. The van der Waals surface area contributed by atoms with Gasteiger partial charge in [-0.15, -0.1) is 0 Å². The van der Waals surface area contributed by atoms with Gasteiger partial charge in [-0.2, -0.15) is 0 Å². The smallest absolute Gasteiger partial charge is 0.170 e. The monoisotopic (exact) mass is 322 g/mol. The molecule has 0 fully saturated rings. The van der Waals surface area contributed by atoms with E-state index < -0.39 is 11.6 Å². The van der Waals surface area contributed by atoms with Crippen LogP contribution in [0.4, 0.5) is 14.5 Å². The number of nitrogens with one attached hydrogen (secondary N) is 2. The summed E-state index contributed by atoms with van der Waals surface area (Å²) in [5.41, 5.74) is 1.41. The molecule has 22 heavy (non-hydrogen) atoms. The Hall–Kier alpha value is -2.21. The zero-order valence-corrected chi connectivity index (χ0v) is 12.8. The number of ether oxygens (including phenoxy) is 1. The molecule has 0 aliphatic carbocycles. The van der Waals surface area contributed by atoms with Gasteiger partial charge in [0.05, 0.1) is 7.11 Å². The van der Waals surface area contributed by atoms with Gasteiger partial charge in [-0.1, -0.05) is 12.1 Å². The number of anilines is 1. The van der Waals surface area contributed by atoms with E-state index in [2.05, 4.69) is 10.6 Å². The largest absolute Gasteiger partial charge is 0.497 e. The number of benzene rings is 2. The summed E-state index contributed by atoms with van der Waals surface area (Å²) in [6.45, 7) is 0.607. The van der Waals surface area contributed by atoms with Crippen molar-refractivity contribution in [3.63, 3.8) is 0 Å². The molecule has 0 bridgehead atoms. The molecule has 0 heterocycles. The fourth-order valence-electron chi connectivity index (χ4n) is 1.91. The molecule has 116 valence electrons. The van der Waals surface area contributed by atoms with Gasteiger partial charge in [0.15, 0.2) is 5.11 Å². The van der Waals surface area contributed by atoms with Gasteiger partial charge in [-0.25, -0.2) is 8.78 Å². The van der Waals surface area contributed by atoms with E-state index in [-0.39, 0.29) is 5.69 Å². The van der Waals surface area contributed by atoms with E-state index in [1.807, 2.05) is 24.3 Å². The molecule has 0 radical (unpaired) electrons. The molecule has 0 aromatic heterocycles. The molecule has 2 aromatic rings. The van der Waals surface area contributed by atoms with Gasteiger partial charge in [0.1, 0.15) is 17.4 Å². The highest BCUT2D eigenvalue weighted by Crippen LogP contribution is 2.13. The van der Waals surface area contributed by atoms with Crippen molar-refractivity contribution in [2.75, 3.05) is 19.0 Å². The summed E-state index contributed by atoms with van der Waals surface area (Å²) in [4.78, 5) is 0. The third-order valence-corrected chi connectivity index (χ3v) is 3.23. The van der Waals surface area contributed by atoms with Crippen molar-refractivity contribution in [2.24, 2.45) is 0 Å². The van der Waals surface area contributed by atoms with Crippen molar-refractivity contribution in [1.82, 2.24) is 5.32 Å². The molecule has 0 saturated heterocycles. The van der Waals surface area contributed by atoms with E-state index in [9.17, 15) is 8.78 Å². The molecule has 2 rings (SSSR count). The summed E-state index contributed by atoms with van der Waals surface area (Å²) in [5, 5.41) is 6.06. The average molecular weight is 322 g/mol. The first kappa shape index (κ1) is 16.2. The summed E-state index contributed by atoms with van der Waals surface area (Å²) < 4.78 is 31.2. The minimum atomic E-state index is -0.650. The number of halogens is 2. The molecule has 0 spiro atoms. The van der Waals surface area contributed by atoms with Crippen molar-refractivity contribution in [3.8, 4) is 5.75 Å². The van der Waals surface area contributed by atoms with E-state index in [1.165, 1.54) is 12.1 Å². The van der Waals surface area contributed by atoms with Crippen molar-refractivity contribution >= 4 is 23.0 Å². The highest BCUT2D eigenvalue weighted by molar-refractivity contribution is 7.80. The molecule has 0 amide bonds. The molecule has 6 heteroatoms. The molecule has 0 aliphatic heterocycles. The maximum atomic E-state index is 13.1. The minimum Gasteiger partial charge on any atom is -0.497 e. The van der Waals surface area contributed by atoms with Crippen molar-refractivity contribution in [2.45, 2.75) is 6.42 Å². The van der Waals surface area contributed by atoms with Gasteiger partial charge in [0.2, 0.25) is 0 Å². The van der Waals surface area contributed by atoms with Crippen LogP contribution in [0.3, 0.4) is 0 Å². The number of thiocarbonyl (C=S) groups is 1. The summed E-state index contributed by atoms with van der Waals surface area (Å²) in [5.74, 6) is -0.492. The van der Waals surface area contributed by atoms with Crippen molar-refractivity contribution in [1.29, 1.82) is 0 Å². The Morgan fingerprint density at radius 3 is 2.32 bits per heavy atom. The van der Waals surface area contributed by atoms with Gasteiger partial charge < -0.3 is 15.4 Å². The van der Waals surface area contributed by atoms with Crippen LogP contribution >= 0.6 is 12.2 Å². The summed E-state index contributed by atoms with van der Waals surface area (Å²) in [6, 6.07) is 10.9. The molecular weight excluding hydrogens is 306 g/mol. The van der Waals surface area contributed by atoms with Gasteiger partial charge >= 0.3 is 0 Å². The Labute approximate surface area is 133 Å². The number of rotatable bonds is 5. The van der Waals surface area contributed by atoms with Gasteiger partial charge in [-0.05, 0) is 48.5 Å². The standard InChI is InChI=1S/C16H16F2N2OS/c1-21-15-4-2-11(3-5-15)6-7-19-16(22)20-14-9-12(17)8-13(18)10-14/h2-5,8-10H,6-7H2,1H3,(H2,19,20,22). The van der Waals surface area contributed by atoms with Crippen LogP contribution in [0.15, 0.2) is 42.5 Å². The van der Waals surface area contributed by atoms with Crippen LogP contribution in [-0.4, -0.2) is 18.8 Å². The van der Waals surface area contributed by atoms with E-state index in [1.54, 1.807) is 7.11 Å². The lowest BCUT2D eigenvalue weighted by molar-refractivity contribution is 0.414. The Morgan fingerprint density at radius 2 is 1.73 bits per heavy atom. The third-order valence-electron chi connectivity index (χ3n) is 2.98. The maximum absolute atomic E-state index is 13.1. The third kappa shape index (κ3) is 4.96. The van der Waals surface area contributed by atoms with Crippen LogP contribution < -0.4 is 15.4 Å². The van der Waals surface area contributed by atoms with Crippen LogP contribution in [0.2, 0.25) is 0 Å². The average Bonchev–Trinajstić information content (AvgIpc) is 2.47. The lowest BCUT2D eigenvalue weighted by atomic mass is 10.1. The molecule has 0 saturated carbocycles. The first-order valence-corrected chi connectivity index (χ1v) is 7.11. The Bertz CT molecular complexity index is 627. The van der Waals surface area contributed by atoms with Crippen molar-refractivity contribution in [3.05, 3.63) is 59.7 Å². The van der Waals surface area contributed by atoms with Crippen LogP contribution in [0.25, 0.3) is 0 Å². The quantitative estimate of drug-likeness (QED) is 0.826. The second kappa shape index (κ2) is 7.70. The zero-order chi connectivity index (χ0) is 15.9. The lowest BCUT2D eigenvalue weighted by Crippen LogP contribution is -2.30. The van der Waals surface area contributed by atoms with E-state index in [0.29, 0.717) is 11.7 Å². The molecule has 0 atom stereocenters. The number of hydrogen-bond donors (Lipinski definition) is 2. The fourth-order valence-corrected chi connectivity index (χ4v) is 2.13. The van der Waals surface area contributed by atoms with E-state index in [0.717, 1.165) is 23.8 Å². The second-order valence-electron chi connectivity index (χ2n) is 4.64. The highest BCUT2D eigenvalue weighted by atomic mass is 32.1. The Balaban J connectivity index is 1.79. The first-order valence-electron chi connectivity index (χ1n) is 6.70. The maximum Gasteiger partial charge on any atom is 0.170 e. The van der Waals surface area contributed by atoms with Crippen LogP contribution in [-0.2, 0) is 6.42 Å². The predicted molar refractivity (Wildman–Crippen MR) is 87.3 cm³/mol. The number of hydrogen-bond acceptors (Lipinski definition) is 2. The molecule has 2 N–H and O–H groups in total. The van der Waals surface area contributed by atoms with Gasteiger partial charge in [-0.3, -0.25) is 0 Å². The Morgan fingerprint density at radius 1 is 1.09 bits per heavy atom. The highest BCUT2D eigenvalue weighted by Gasteiger charge is 2.02. The Kier molecular flexibility index (Phi) is 5.66. The predicted octanol–water partition coefficient (Wildman–Crippen LogP) is 3.50. The molecule has 0 aliphatic rings. The molecular formula is C16H16F2N2OS. The van der Waals surface area contributed by atoms with Crippen molar-refractivity contribution < 1.29 is 13.5 Å². The molecule has 3 nitrogen and oxygen atoms in total. The van der Waals surface area contributed by atoms with E-state index >= 15 is 0 Å². The van der Waals surface area contributed by atoms with E-state index in [4.69, 9.17) is 17.0 Å². The van der Waals surface area contributed by atoms with Gasteiger partial charge in [0.25, 0.3) is 0 Å². The van der Waals surface area contributed by atoms with Crippen LogP contribution in [0.5, 0.6) is 5.75 Å². The SMILES string of the molecule is COc1ccc(CCNC(=S)Nc2cc(F)cc(F)c2)cc1. The molecule has 2 aromatic carbocycles. The number of methoxy groups -OCH3 is 1. The minimum absolute atomic E-state index is 0.277. The zero-order valence-electron chi connectivity index (χ0n) is 12.0.